The van der Waals surface area contributed by atoms with Crippen molar-refractivity contribution in [1.29, 1.82) is 0 Å². The maximum atomic E-state index is 10.9. The number of aliphatic carboxylic acids is 1. The predicted molar refractivity (Wildman–Crippen MR) is 42.1 cm³/mol. The van der Waals surface area contributed by atoms with E-state index in [2.05, 4.69) is 0 Å². The second-order valence-corrected chi connectivity index (χ2v) is 3.67. The minimum absolute atomic E-state index is 0.171. The van der Waals surface area contributed by atoms with Gasteiger partial charge in [-0.2, -0.15) is 0 Å². The van der Waals surface area contributed by atoms with E-state index in [-0.39, 0.29) is 12.0 Å². The molecule has 0 saturated heterocycles. The van der Waals surface area contributed by atoms with E-state index < -0.39 is 11.4 Å². The Kier molecular flexibility index (Phi) is 1.92. The third-order valence-corrected chi connectivity index (χ3v) is 3.17. The highest BCUT2D eigenvalue weighted by atomic mass is 16.4. The molecule has 3 unspecified atom stereocenters. The molecule has 3 atom stereocenters. The van der Waals surface area contributed by atoms with Gasteiger partial charge in [-0.3, -0.25) is 4.79 Å². The molecule has 1 fully saturated rings. The summed E-state index contributed by atoms with van der Waals surface area (Å²) in [5.41, 5.74) is 5.03. The average Bonchev–Trinajstić information content (AvgIpc) is 2.18. The summed E-state index contributed by atoms with van der Waals surface area (Å²) in [7, 11) is 0. The van der Waals surface area contributed by atoms with E-state index in [4.69, 9.17) is 10.8 Å². The number of hydrogen-bond acceptors (Lipinski definition) is 2. The fourth-order valence-electron chi connectivity index (χ4n) is 1.76. The Morgan fingerprint density at radius 3 is 2.36 bits per heavy atom. The quantitative estimate of drug-likeness (QED) is 0.592. The molecule has 3 nitrogen and oxygen atoms in total. The molecule has 1 aliphatic rings. The second kappa shape index (κ2) is 2.48. The molecule has 3 N–H and O–H groups in total. The number of rotatable bonds is 1. The highest BCUT2D eigenvalue weighted by Crippen LogP contribution is 2.41. The van der Waals surface area contributed by atoms with Crippen molar-refractivity contribution in [3.05, 3.63) is 0 Å². The van der Waals surface area contributed by atoms with E-state index in [0.29, 0.717) is 0 Å². The van der Waals surface area contributed by atoms with E-state index in [1.165, 1.54) is 0 Å². The first-order valence-corrected chi connectivity index (χ1v) is 3.98. The van der Waals surface area contributed by atoms with E-state index in [1.807, 2.05) is 6.92 Å². The van der Waals surface area contributed by atoms with Crippen LogP contribution >= 0.6 is 0 Å². The lowest BCUT2D eigenvalue weighted by Crippen LogP contribution is -2.44. The van der Waals surface area contributed by atoms with Crippen molar-refractivity contribution >= 4 is 5.97 Å². The van der Waals surface area contributed by atoms with Gasteiger partial charge in [-0.05, 0) is 25.7 Å². The van der Waals surface area contributed by atoms with Gasteiger partial charge < -0.3 is 10.8 Å². The molecule has 1 rings (SSSR count). The molecule has 3 heteroatoms. The summed E-state index contributed by atoms with van der Waals surface area (Å²) in [4.78, 5) is 10.9. The lowest BCUT2D eigenvalue weighted by molar-refractivity contribution is -0.150. The van der Waals surface area contributed by atoms with Crippen LogP contribution in [0.1, 0.15) is 26.7 Å². The van der Waals surface area contributed by atoms with Crippen LogP contribution in [-0.2, 0) is 4.79 Å². The second-order valence-electron chi connectivity index (χ2n) is 3.67. The molecule has 0 aliphatic heterocycles. The van der Waals surface area contributed by atoms with Gasteiger partial charge in [0, 0.05) is 6.04 Å². The highest BCUT2D eigenvalue weighted by Gasteiger charge is 2.48. The molecule has 0 aromatic heterocycles. The van der Waals surface area contributed by atoms with Crippen molar-refractivity contribution in [1.82, 2.24) is 0 Å². The summed E-state index contributed by atoms with van der Waals surface area (Å²) in [6.07, 6.45) is 1.77. The van der Waals surface area contributed by atoms with Gasteiger partial charge in [-0.25, -0.2) is 0 Å². The lowest BCUT2D eigenvalue weighted by atomic mass is 9.78. The van der Waals surface area contributed by atoms with Crippen LogP contribution in [0.25, 0.3) is 0 Å². The van der Waals surface area contributed by atoms with E-state index in [1.54, 1.807) is 6.92 Å². The van der Waals surface area contributed by atoms with Crippen LogP contribution in [0.3, 0.4) is 0 Å². The van der Waals surface area contributed by atoms with Crippen LogP contribution < -0.4 is 5.73 Å². The zero-order chi connectivity index (χ0) is 8.65. The van der Waals surface area contributed by atoms with Crippen LogP contribution in [0.5, 0.6) is 0 Å². The normalized spacial score (nSPS) is 44.3. The minimum atomic E-state index is -0.755. The largest absolute Gasteiger partial charge is 0.481 e. The van der Waals surface area contributed by atoms with E-state index in [0.717, 1.165) is 12.8 Å². The van der Waals surface area contributed by atoms with Gasteiger partial charge in [-0.15, -0.1) is 0 Å². The van der Waals surface area contributed by atoms with E-state index in [9.17, 15) is 4.79 Å². The third kappa shape index (κ3) is 1.03. The summed E-state index contributed by atoms with van der Waals surface area (Å²) in [5.74, 6) is -0.551. The van der Waals surface area contributed by atoms with Crippen molar-refractivity contribution < 1.29 is 9.90 Å². The van der Waals surface area contributed by atoms with Gasteiger partial charge in [0.1, 0.15) is 0 Å². The molecule has 0 spiro atoms. The average molecular weight is 157 g/mol. The molecule has 1 saturated carbocycles. The lowest BCUT2D eigenvalue weighted by Gasteiger charge is -2.28. The maximum Gasteiger partial charge on any atom is 0.311 e. The summed E-state index contributed by atoms with van der Waals surface area (Å²) in [5, 5.41) is 8.93. The molecular weight excluding hydrogens is 142 g/mol. The Bertz CT molecular complexity index is 169. The Hall–Kier alpha value is -0.570. The predicted octanol–water partition coefficient (Wildman–Crippen LogP) is 0.835. The Labute approximate surface area is 66.6 Å². The Morgan fingerprint density at radius 2 is 2.18 bits per heavy atom. The summed E-state index contributed by atoms with van der Waals surface area (Å²) in [6.45, 7) is 3.71. The van der Waals surface area contributed by atoms with Gasteiger partial charge in [0.2, 0.25) is 0 Å². The maximum absolute atomic E-state index is 10.9. The van der Waals surface area contributed by atoms with Gasteiger partial charge in [-0.1, -0.05) is 6.92 Å². The van der Waals surface area contributed by atoms with Crippen molar-refractivity contribution in [3.8, 4) is 0 Å². The topological polar surface area (TPSA) is 63.3 Å². The van der Waals surface area contributed by atoms with Crippen LogP contribution in [0.4, 0.5) is 0 Å². The Morgan fingerprint density at radius 1 is 1.64 bits per heavy atom. The zero-order valence-electron chi connectivity index (χ0n) is 7.00. The van der Waals surface area contributed by atoms with Gasteiger partial charge in [0.25, 0.3) is 0 Å². The SMILES string of the molecule is CC1CCC(N)C1(C)C(=O)O. The molecule has 11 heavy (non-hydrogen) atoms. The molecule has 0 bridgehead atoms. The molecule has 64 valence electrons. The number of carboxylic acid groups (broad SMARTS) is 1. The number of carboxylic acids is 1. The van der Waals surface area contributed by atoms with Gasteiger partial charge >= 0.3 is 5.97 Å². The fourth-order valence-corrected chi connectivity index (χ4v) is 1.76. The smallest absolute Gasteiger partial charge is 0.311 e. The molecule has 0 amide bonds. The molecule has 0 aromatic rings. The van der Waals surface area contributed by atoms with Gasteiger partial charge in [0.15, 0.2) is 0 Å². The van der Waals surface area contributed by atoms with Gasteiger partial charge in [0.05, 0.1) is 5.41 Å². The molecule has 0 heterocycles. The molecular formula is C8H15NO2. The summed E-state index contributed by atoms with van der Waals surface area (Å²) < 4.78 is 0. The monoisotopic (exact) mass is 157 g/mol. The Balaban J connectivity index is 2.88. The van der Waals surface area contributed by atoms with Crippen molar-refractivity contribution in [2.45, 2.75) is 32.7 Å². The highest BCUT2D eigenvalue weighted by molar-refractivity contribution is 5.76. The van der Waals surface area contributed by atoms with Crippen molar-refractivity contribution in [3.63, 3.8) is 0 Å². The number of hydrogen-bond donors (Lipinski definition) is 2. The van der Waals surface area contributed by atoms with Crippen LogP contribution in [0.15, 0.2) is 0 Å². The van der Waals surface area contributed by atoms with Crippen LogP contribution in [0.2, 0.25) is 0 Å². The minimum Gasteiger partial charge on any atom is -0.481 e. The first-order valence-electron chi connectivity index (χ1n) is 3.98. The molecule has 0 radical (unpaired) electrons. The fraction of sp³-hybridized carbons (Fsp3) is 0.875. The standard InChI is InChI=1S/C8H15NO2/c1-5-3-4-6(9)8(5,2)7(10)11/h5-6H,3-4,9H2,1-2H3,(H,10,11). The summed E-state index contributed by atoms with van der Waals surface area (Å²) >= 11 is 0. The number of carbonyl (C=O) groups is 1. The van der Waals surface area contributed by atoms with Crippen molar-refractivity contribution in [2.75, 3.05) is 0 Å². The van der Waals surface area contributed by atoms with Crippen LogP contribution in [0, 0.1) is 11.3 Å². The summed E-state index contributed by atoms with van der Waals surface area (Å²) in [6, 6.07) is -0.171. The van der Waals surface area contributed by atoms with E-state index >= 15 is 0 Å². The first kappa shape index (κ1) is 8.53. The van der Waals surface area contributed by atoms with Crippen molar-refractivity contribution in [2.24, 2.45) is 17.1 Å². The first-order chi connectivity index (χ1) is 4.99. The third-order valence-electron chi connectivity index (χ3n) is 3.17. The number of nitrogens with two attached hydrogens (primary N) is 1. The molecule has 0 aromatic carbocycles. The van der Waals surface area contributed by atoms with Crippen LogP contribution in [-0.4, -0.2) is 17.1 Å². The zero-order valence-corrected chi connectivity index (χ0v) is 7.00. The molecule has 1 aliphatic carbocycles.